The van der Waals surface area contributed by atoms with Crippen LogP contribution >= 0.6 is 39.1 Å². The Balaban J connectivity index is 2.29. The minimum Gasteiger partial charge on any atom is -0.297 e. The molecule has 0 aliphatic rings. The van der Waals surface area contributed by atoms with Crippen LogP contribution in [0.1, 0.15) is 11.1 Å². The number of carbonyl (C=O) groups is 1. The summed E-state index contributed by atoms with van der Waals surface area (Å²) in [5, 5.41) is 2.77. The molecule has 0 bridgehead atoms. The van der Waals surface area contributed by atoms with Gasteiger partial charge >= 0.3 is 0 Å². The van der Waals surface area contributed by atoms with Gasteiger partial charge in [-0.15, -0.1) is 0 Å². The summed E-state index contributed by atoms with van der Waals surface area (Å²) in [5.41, 5.74) is 1.66. The average Bonchev–Trinajstić information content (AvgIpc) is 2.36. The van der Waals surface area contributed by atoms with E-state index in [0.29, 0.717) is 18.4 Å². The molecule has 1 aromatic heterocycles. The van der Waals surface area contributed by atoms with Crippen LogP contribution in [0.2, 0.25) is 10.3 Å². The molecule has 2 aromatic rings. The molecule has 0 saturated carbocycles. The van der Waals surface area contributed by atoms with Gasteiger partial charge in [0.15, 0.2) is 0 Å². The number of aromatic nitrogens is 2. The van der Waals surface area contributed by atoms with Crippen molar-refractivity contribution < 1.29 is 4.79 Å². The van der Waals surface area contributed by atoms with Crippen LogP contribution in [0, 0.1) is 0 Å². The van der Waals surface area contributed by atoms with E-state index in [2.05, 4.69) is 31.2 Å². The number of anilines is 1. The highest BCUT2D eigenvalue weighted by atomic mass is 79.9. The summed E-state index contributed by atoms with van der Waals surface area (Å²) in [4.78, 5) is 18.2. The lowest BCUT2D eigenvalue weighted by molar-refractivity contribution is -0.105. The van der Waals surface area contributed by atoms with Crippen LogP contribution in [-0.4, -0.2) is 16.4 Å². The lowest BCUT2D eigenvalue weighted by atomic mass is 10.1. The molecule has 0 spiro atoms. The van der Waals surface area contributed by atoms with E-state index in [1.165, 1.54) is 0 Å². The van der Waals surface area contributed by atoms with Crippen LogP contribution < -0.4 is 5.32 Å². The SMILES string of the molecule is O=CNc1nc(Cl)c(Cc2ccc(Br)cc2)c(Cl)n1. The van der Waals surface area contributed by atoms with Crippen LogP contribution in [0.25, 0.3) is 0 Å². The molecule has 1 N–H and O–H groups in total. The minimum absolute atomic E-state index is 0.0876. The molecule has 0 fully saturated rings. The van der Waals surface area contributed by atoms with Gasteiger partial charge < -0.3 is 0 Å². The van der Waals surface area contributed by atoms with Crippen LogP contribution in [-0.2, 0) is 11.2 Å². The Hall–Kier alpha value is -1.17. The van der Waals surface area contributed by atoms with Gasteiger partial charge in [-0.25, -0.2) is 9.97 Å². The van der Waals surface area contributed by atoms with Crippen LogP contribution in [0.15, 0.2) is 28.7 Å². The highest BCUT2D eigenvalue weighted by Crippen LogP contribution is 2.26. The van der Waals surface area contributed by atoms with Crippen molar-refractivity contribution in [2.24, 2.45) is 0 Å². The summed E-state index contributed by atoms with van der Waals surface area (Å²) in [5.74, 6) is 0.0876. The summed E-state index contributed by atoms with van der Waals surface area (Å²) in [7, 11) is 0. The number of amides is 1. The van der Waals surface area contributed by atoms with Crippen molar-refractivity contribution in [2.45, 2.75) is 6.42 Å². The second-order valence-electron chi connectivity index (χ2n) is 3.67. The van der Waals surface area contributed by atoms with Crippen molar-refractivity contribution in [3.63, 3.8) is 0 Å². The third-order valence-corrected chi connectivity index (χ3v) is 3.54. The first kappa shape index (κ1) is 14.2. The number of hydrogen-bond donors (Lipinski definition) is 1. The summed E-state index contributed by atoms with van der Waals surface area (Å²) in [6.45, 7) is 0. The molecular weight excluding hydrogens is 353 g/mol. The maximum atomic E-state index is 10.3. The molecule has 0 radical (unpaired) electrons. The summed E-state index contributed by atoms with van der Waals surface area (Å²) < 4.78 is 0.996. The highest BCUT2D eigenvalue weighted by Gasteiger charge is 2.12. The van der Waals surface area contributed by atoms with Gasteiger partial charge in [0.2, 0.25) is 12.4 Å². The predicted molar refractivity (Wildman–Crippen MR) is 78.7 cm³/mol. The van der Waals surface area contributed by atoms with Gasteiger partial charge in [-0.1, -0.05) is 51.3 Å². The van der Waals surface area contributed by atoms with Gasteiger partial charge in [-0.05, 0) is 17.7 Å². The van der Waals surface area contributed by atoms with Crippen molar-refractivity contribution in [1.82, 2.24) is 9.97 Å². The lowest BCUT2D eigenvalue weighted by Gasteiger charge is -2.07. The maximum Gasteiger partial charge on any atom is 0.232 e. The smallest absolute Gasteiger partial charge is 0.232 e. The van der Waals surface area contributed by atoms with Gasteiger partial charge in [0.1, 0.15) is 10.3 Å². The minimum atomic E-state index is 0.0876. The Morgan fingerprint density at radius 2 is 1.74 bits per heavy atom. The van der Waals surface area contributed by atoms with Crippen LogP contribution in [0.3, 0.4) is 0 Å². The monoisotopic (exact) mass is 359 g/mol. The molecule has 4 nitrogen and oxygen atoms in total. The second-order valence-corrected chi connectivity index (χ2v) is 5.30. The first-order valence-electron chi connectivity index (χ1n) is 5.26. The molecule has 0 saturated heterocycles. The van der Waals surface area contributed by atoms with Crippen molar-refractivity contribution in [1.29, 1.82) is 0 Å². The van der Waals surface area contributed by atoms with Crippen molar-refractivity contribution in [3.05, 3.63) is 50.2 Å². The van der Waals surface area contributed by atoms with Crippen molar-refractivity contribution in [2.75, 3.05) is 5.32 Å². The topological polar surface area (TPSA) is 54.9 Å². The van der Waals surface area contributed by atoms with E-state index in [1.54, 1.807) is 0 Å². The van der Waals surface area contributed by atoms with E-state index in [4.69, 9.17) is 23.2 Å². The molecule has 7 heteroatoms. The fourth-order valence-electron chi connectivity index (χ4n) is 1.50. The zero-order valence-electron chi connectivity index (χ0n) is 9.53. The Morgan fingerprint density at radius 3 is 2.26 bits per heavy atom. The zero-order chi connectivity index (χ0) is 13.8. The van der Waals surface area contributed by atoms with Gasteiger partial charge in [0.05, 0.1) is 0 Å². The first-order chi connectivity index (χ1) is 9.10. The number of hydrogen-bond acceptors (Lipinski definition) is 3. The molecule has 0 atom stereocenters. The molecule has 1 amide bonds. The Bertz CT molecular complexity index is 581. The van der Waals surface area contributed by atoms with E-state index in [1.807, 2.05) is 24.3 Å². The molecule has 98 valence electrons. The van der Waals surface area contributed by atoms with Crippen molar-refractivity contribution in [3.8, 4) is 0 Å². The van der Waals surface area contributed by atoms with E-state index < -0.39 is 0 Å². The second kappa shape index (κ2) is 6.32. The molecular formula is C12H8BrCl2N3O. The van der Waals surface area contributed by atoms with E-state index in [-0.39, 0.29) is 16.3 Å². The first-order valence-corrected chi connectivity index (χ1v) is 6.81. The quantitative estimate of drug-likeness (QED) is 0.668. The molecule has 1 heterocycles. The number of nitrogens with one attached hydrogen (secondary N) is 1. The molecule has 2 rings (SSSR count). The number of benzene rings is 1. The lowest BCUT2D eigenvalue weighted by Crippen LogP contribution is -2.03. The third kappa shape index (κ3) is 3.65. The Kier molecular flexibility index (Phi) is 4.74. The normalized spacial score (nSPS) is 10.3. The molecule has 0 unspecified atom stereocenters. The maximum absolute atomic E-state index is 10.3. The number of carbonyl (C=O) groups excluding carboxylic acids is 1. The van der Waals surface area contributed by atoms with Gasteiger partial charge in [-0.3, -0.25) is 10.1 Å². The Morgan fingerprint density at radius 1 is 1.16 bits per heavy atom. The highest BCUT2D eigenvalue weighted by molar-refractivity contribution is 9.10. The van der Waals surface area contributed by atoms with Gasteiger partial charge in [0.25, 0.3) is 0 Å². The summed E-state index contributed by atoms with van der Waals surface area (Å²) in [6.07, 6.45) is 0.989. The molecule has 1 aromatic carbocycles. The Labute approximate surface area is 128 Å². The van der Waals surface area contributed by atoms with E-state index >= 15 is 0 Å². The summed E-state index contributed by atoms with van der Waals surface area (Å²) >= 11 is 15.5. The predicted octanol–water partition coefficient (Wildman–Crippen LogP) is 3.71. The fraction of sp³-hybridized carbons (Fsp3) is 0.0833. The fourth-order valence-corrected chi connectivity index (χ4v) is 2.29. The summed E-state index contributed by atoms with van der Waals surface area (Å²) in [6, 6.07) is 7.77. The third-order valence-electron chi connectivity index (χ3n) is 2.39. The van der Waals surface area contributed by atoms with Crippen LogP contribution in [0.4, 0.5) is 5.95 Å². The largest absolute Gasteiger partial charge is 0.297 e. The molecule has 0 aliphatic heterocycles. The number of halogens is 3. The standard InChI is InChI=1S/C12H8BrCl2N3O/c13-8-3-1-7(2-4-8)5-9-10(14)17-12(16-6-19)18-11(9)15/h1-4,6H,5H2,(H,16,17,18,19). The van der Waals surface area contributed by atoms with Crippen LogP contribution in [0.5, 0.6) is 0 Å². The van der Waals surface area contributed by atoms with Crippen molar-refractivity contribution >= 4 is 51.5 Å². The van der Waals surface area contributed by atoms with E-state index in [0.717, 1.165) is 10.0 Å². The molecule has 19 heavy (non-hydrogen) atoms. The molecule has 0 aliphatic carbocycles. The number of nitrogens with zero attached hydrogens (tertiary/aromatic N) is 2. The zero-order valence-corrected chi connectivity index (χ0v) is 12.6. The van der Waals surface area contributed by atoms with Gasteiger partial charge in [-0.2, -0.15) is 0 Å². The number of rotatable bonds is 4. The average molecular weight is 361 g/mol. The van der Waals surface area contributed by atoms with E-state index in [9.17, 15) is 4.79 Å². The van der Waals surface area contributed by atoms with Gasteiger partial charge in [0, 0.05) is 16.5 Å².